The Morgan fingerprint density at radius 3 is 2.95 bits per heavy atom. The molecule has 1 aromatic carbocycles. The number of halogens is 1. The lowest BCUT2D eigenvalue weighted by molar-refractivity contribution is -0.124. The fourth-order valence-electron chi connectivity index (χ4n) is 3.43. The van der Waals surface area contributed by atoms with E-state index in [9.17, 15) is 4.79 Å². The highest BCUT2D eigenvalue weighted by Crippen LogP contribution is 2.32. The summed E-state index contributed by atoms with van der Waals surface area (Å²) < 4.78 is 1.08. The predicted molar refractivity (Wildman–Crippen MR) is 88.2 cm³/mol. The van der Waals surface area contributed by atoms with E-state index < -0.39 is 0 Å². The molecule has 0 aliphatic carbocycles. The van der Waals surface area contributed by atoms with Crippen molar-refractivity contribution in [2.45, 2.75) is 38.3 Å². The van der Waals surface area contributed by atoms with Crippen molar-refractivity contribution >= 4 is 27.5 Å². The molecular weight excluding hydrogens is 330 g/mol. The first-order valence-electron chi connectivity index (χ1n) is 7.64. The van der Waals surface area contributed by atoms with E-state index in [0.717, 1.165) is 36.0 Å². The van der Waals surface area contributed by atoms with Crippen LogP contribution in [-0.4, -0.2) is 25.0 Å². The van der Waals surface area contributed by atoms with Crippen LogP contribution in [0.25, 0.3) is 0 Å². The van der Waals surface area contributed by atoms with Gasteiger partial charge in [-0.15, -0.1) is 0 Å². The number of nitrogens with one attached hydrogen (secondary N) is 1. The number of carbonyl (C=O) groups excluding carboxylic acids is 1. The van der Waals surface area contributed by atoms with Gasteiger partial charge in [0.25, 0.3) is 0 Å². The Bertz CT molecular complexity index is 546. The quantitative estimate of drug-likeness (QED) is 0.860. The molecule has 3 atom stereocenters. The van der Waals surface area contributed by atoms with Crippen LogP contribution >= 0.6 is 15.9 Å². The van der Waals surface area contributed by atoms with Gasteiger partial charge in [0.1, 0.15) is 0 Å². The van der Waals surface area contributed by atoms with Gasteiger partial charge in [-0.05, 0) is 43.4 Å². The van der Waals surface area contributed by atoms with Crippen molar-refractivity contribution in [1.29, 1.82) is 0 Å². The van der Waals surface area contributed by atoms with Crippen molar-refractivity contribution in [2.24, 2.45) is 11.7 Å². The van der Waals surface area contributed by atoms with E-state index in [2.05, 4.69) is 44.3 Å². The van der Waals surface area contributed by atoms with Gasteiger partial charge in [-0.1, -0.05) is 22.0 Å². The first-order chi connectivity index (χ1) is 10.0. The lowest BCUT2D eigenvalue weighted by Crippen LogP contribution is -2.54. The van der Waals surface area contributed by atoms with Gasteiger partial charge < -0.3 is 16.0 Å². The third kappa shape index (κ3) is 3.09. The summed E-state index contributed by atoms with van der Waals surface area (Å²) in [5.74, 6) is 0.789. The fraction of sp³-hybridized carbons (Fsp3) is 0.562. The molecule has 2 fully saturated rings. The zero-order chi connectivity index (χ0) is 15.0. The van der Waals surface area contributed by atoms with Gasteiger partial charge in [-0.2, -0.15) is 0 Å². The van der Waals surface area contributed by atoms with E-state index in [4.69, 9.17) is 5.73 Å². The molecule has 2 saturated heterocycles. The number of nitrogens with two attached hydrogens (primary N) is 1. The highest BCUT2D eigenvalue weighted by molar-refractivity contribution is 9.10. The number of piperidine rings is 2. The van der Waals surface area contributed by atoms with Crippen molar-refractivity contribution in [3.63, 3.8) is 0 Å². The van der Waals surface area contributed by atoms with E-state index in [1.54, 1.807) is 0 Å². The monoisotopic (exact) mass is 351 g/mol. The smallest absolute Gasteiger partial charge is 0.220 e. The van der Waals surface area contributed by atoms with Gasteiger partial charge in [0.2, 0.25) is 5.91 Å². The first-order valence-corrected chi connectivity index (χ1v) is 8.43. The Kier molecular flexibility index (Phi) is 4.22. The summed E-state index contributed by atoms with van der Waals surface area (Å²) in [5, 5.41) is 3.13. The largest absolute Gasteiger partial charge is 0.371 e. The lowest BCUT2D eigenvalue weighted by Gasteiger charge is -2.42. The number of hydrogen-bond donors (Lipinski definition) is 2. The maximum atomic E-state index is 11.5. The number of anilines is 1. The molecule has 0 bridgehead atoms. The maximum Gasteiger partial charge on any atom is 0.220 e. The molecule has 1 aromatic rings. The van der Waals surface area contributed by atoms with Gasteiger partial charge in [0, 0.05) is 41.8 Å². The minimum Gasteiger partial charge on any atom is -0.371 e. The number of carbonyl (C=O) groups is 1. The Labute approximate surface area is 134 Å². The average molecular weight is 352 g/mol. The second-order valence-electron chi connectivity index (χ2n) is 6.20. The molecule has 2 unspecified atom stereocenters. The molecule has 0 aromatic heterocycles. The van der Waals surface area contributed by atoms with E-state index in [0.29, 0.717) is 18.4 Å². The SMILES string of the molecule is C[C@@H](N)c1ccc(N2CCC3NC(=O)CCC3C2)cc1Br. The minimum absolute atomic E-state index is 0.0349. The molecule has 2 aliphatic heterocycles. The molecule has 0 saturated carbocycles. The standard InChI is InChI=1S/C16H22BrN3O/c1-10(18)13-4-3-12(8-14(13)17)20-7-6-15-11(9-20)2-5-16(21)19-15/h3-4,8,10-11,15H,2,5-7,9,18H2,1H3,(H,19,21)/t10-,11?,15?/m1/s1. The molecule has 4 nitrogen and oxygen atoms in total. The van der Waals surface area contributed by atoms with E-state index in [-0.39, 0.29) is 11.9 Å². The Balaban J connectivity index is 1.73. The lowest BCUT2D eigenvalue weighted by atomic mass is 9.85. The topological polar surface area (TPSA) is 58.4 Å². The molecule has 2 heterocycles. The molecule has 0 radical (unpaired) electrons. The van der Waals surface area contributed by atoms with Gasteiger partial charge >= 0.3 is 0 Å². The predicted octanol–water partition coefficient (Wildman–Crippen LogP) is 2.57. The van der Waals surface area contributed by atoms with Crippen molar-refractivity contribution in [3.8, 4) is 0 Å². The Morgan fingerprint density at radius 1 is 1.43 bits per heavy atom. The number of nitrogens with zero attached hydrogens (tertiary/aromatic N) is 1. The number of rotatable bonds is 2. The molecule has 3 rings (SSSR count). The van der Waals surface area contributed by atoms with Crippen LogP contribution in [0.1, 0.15) is 37.8 Å². The highest BCUT2D eigenvalue weighted by atomic mass is 79.9. The minimum atomic E-state index is 0.0349. The summed E-state index contributed by atoms with van der Waals surface area (Å²) in [7, 11) is 0. The van der Waals surface area contributed by atoms with Crippen molar-refractivity contribution in [1.82, 2.24) is 5.32 Å². The summed E-state index contributed by atoms with van der Waals surface area (Å²) in [6, 6.07) is 6.84. The van der Waals surface area contributed by atoms with Crippen molar-refractivity contribution in [2.75, 3.05) is 18.0 Å². The summed E-state index contributed by atoms with van der Waals surface area (Å²) in [4.78, 5) is 13.9. The van der Waals surface area contributed by atoms with Crippen LogP contribution in [0.15, 0.2) is 22.7 Å². The zero-order valence-corrected chi connectivity index (χ0v) is 13.9. The number of hydrogen-bond acceptors (Lipinski definition) is 3. The third-order valence-corrected chi connectivity index (χ3v) is 5.35. The van der Waals surface area contributed by atoms with Crippen LogP contribution in [0.2, 0.25) is 0 Å². The molecule has 114 valence electrons. The summed E-state index contributed by atoms with van der Waals surface area (Å²) in [6.45, 7) is 4.01. The first kappa shape index (κ1) is 14.9. The highest BCUT2D eigenvalue weighted by Gasteiger charge is 2.33. The molecular formula is C16H22BrN3O. The van der Waals surface area contributed by atoms with Crippen molar-refractivity contribution in [3.05, 3.63) is 28.2 Å². The number of amides is 1. The Morgan fingerprint density at radius 2 is 2.24 bits per heavy atom. The van der Waals surface area contributed by atoms with Crippen LogP contribution in [0, 0.1) is 5.92 Å². The summed E-state index contributed by atoms with van der Waals surface area (Å²) in [6.07, 6.45) is 2.71. The second-order valence-corrected chi connectivity index (χ2v) is 7.06. The van der Waals surface area contributed by atoms with Gasteiger partial charge in [-0.25, -0.2) is 0 Å². The fourth-order valence-corrected chi connectivity index (χ4v) is 4.15. The summed E-state index contributed by atoms with van der Waals surface area (Å²) in [5.41, 5.74) is 8.33. The maximum absolute atomic E-state index is 11.5. The van der Waals surface area contributed by atoms with Crippen LogP contribution in [-0.2, 0) is 4.79 Å². The molecule has 3 N–H and O–H groups in total. The second kappa shape index (κ2) is 5.97. The molecule has 0 spiro atoms. The Hall–Kier alpha value is -1.07. The molecule has 21 heavy (non-hydrogen) atoms. The van der Waals surface area contributed by atoms with E-state index in [1.165, 1.54) is 5.69 Å². The van der Waals surface area contributed by atoms with Crippen LogP contribution in [0.4, 0.5) is 5.69 Å². The average Bonchev–Trinajstić information content (AvgIpc) is 2.46. The molecule has 5 heteroatoms. The van der Waals surface area contributed by atoms with Crippen LogP contribution in [0.5, 0.6) is 0 Å². The van der Waals surface area contributed by atoms with Crippen LogP contribution < -0.4 is 16.0 Å². The van der Waals surface area contributed by atoms with Gasteiger partial charge in [0.05, 0.1) is 0 Å². The number of benzene rings is 1. The normalized spacial score (nSPS) is 27.0. The number of fused-ring (bicyclic) bond motifs is 1. The van der Waals surface area contributed by atoms with Crippen LogP contribution in [0.3, 0.4) is 0 Å². The van der Waals surface area contributed by atoms with Gasteiger partial charge in [0.15, 0.2) is 0 Å². The van der Waals surface area contributed by atoms with E-state index >= 15 is 0 Å². The van der Waals surface area contributed by atoms with Gasteiger partial charge in [-0.3, -0.25) is 4.79 Å². The summed E-state index contributed by atoms with van der Waals surface area (Å²) >= 11 is 3.63. The van der Waals surface area contributed by atoms with Crippen molar-refractivity contribution < 1.29 is 4.79 Å². The zero-order valence-electron chi connectivity index (χ0n) is 12.3. The van der Waals surface area contributed by atoms with E-state index in [1.807, 2.05) is 6.92 Å². The third-order valence-electron chi connectivity index (χ3n) is 4.66. The molecule has 1 amide bonds. The molecule has 2 aliphatic rings.